The van der Waals surface area contributed by atoms with Gasteiger partial charge in [0.25, 0.3) is 0 Å². The smallest absolute Gasteiger partial charge is 0.343 e. The predicted octanol–water partition coefficient (Wildman–Crippen LogP) is 6.40. The summed E-state index contributed by atoms with van der Waals surface area (Å²) in [5.74, 6) is -0.571. The van der Waals surface area contributed by atoms with Crippen molar-refractivity contribution < 1.29 is 38.8 Å². The lowest BCUT2D eigenvalue weighted by Gasteiger charge is -2.12. The minimum Gasteiger partial charge on any atom is -0.508 e. The van der Waals surface area contributed by atoms with E-state index in [4.69, 9.17) is 14.2 Å². The van der Waals surface area contributed by atoms with Gasteiger partial charge in [-0.2, -0.15) is 15.0 Å². The number of nitrogens with one attached hydrogen (secondary N) is 3. The van der Waals surface area contributed by atoms with Crippen molar-refractivity contribution >= 4 is 52.8 Å². The van der Waals surface area contributed by atoms with Crippen molar-refractivity contribution in [3.63, 3.8) is 0 Å². The molecule has 5 N–H and O–H groups in total. The number of hydrogen-bond donors (Lipinski definition) is 5. The molecule has 0 fully saturated rings. The number of rotatable bonds is 15. The number of unbranched alkanes of at least 4 members (excludes halogenated alkanes) is 1. The summed E-state index contributed by atoms with van der Waals surface area (Å²) in [5.41, 5.74) is 2.40. The maximum Gasteiger partial charge on any atom is 0.343 e. The van der Waals surface area contributed by atoms with Crippen molar-refractivity contribution in [2.75, 3.05) is 29.2 Å². The van der Waals surface area contributed by atoms with Crippen molar-refractivity contribution in [1.29, 1.82) is 0 Å². The van der Waals surface area contributed by atoms with Crippen LogP contribution in [0, 0.1) is 0 Å². The van der Waals surface area contributed by atoms with Crippen LogP contribution in [0.25, 0.3) is 0 Å². The van der Waals surface area contributed by atoms with Crippen LogP contribution in [0.5, 0.6) is 17.2 Å². The molecule has 1 heterocycles. The van der Waals surface area contributed by atoms with Crippen LogP contribution in [0.4, 0.5) is 34.9 Å². The molecule has 4 aromatic carbocycles. The van der Waals surface area contributed by atoms with Crippen LogP contribution >= 0.6 is 0 Å². The van der Waals surface area contributed by atoms with Gasteiger partial charge in [0.1, 0.15) is 17.2 Å². The monoisotopic (exact) mass is 676 g/mol. The van der Waals surface area contributed by atoms with Crippen molar-refractivity contribution in [3.05, 3.63) is 121 Å². The van der Waals surface area contributed by atoms with Crippen LogP contribution in [0.1, 0.15) is 33.6 Å². The molecule has 0 saturated heterocycles. The molecule has 0 atom stereocenters. The van der Waals surface area contributed by atoms with Gasteiger partial charge in [-0.05, 0) is 110 Å². The zero-order chi connectivity index (χ0) is 35.3. The number of esters is 3. The molecule has 254 valence electrons. The molecule has 14 heteroatoms. The number of aromatic nitrogens is 3. The second-order valence-corrected chi connectivity index (χ2v) is 10.5. The highest BCUT2D eigenvalue weighted by Gasteiger charge is 2.13. The standard InChI is InChI=1S/C36H32N6O8/c1-2-31(45)48-21-3-4-22-49-32(46)23-7-19-30(20-8-23)50-33(47)24-5-9-25(10-6-24)37-34-40-35(38-26-11-15-28(43)16-12-26)42-36(41-34)39-27-13-17-29(44)18-14-27/h2,5-20,43-44H,1,3-4,21-22H2,(H3,37,38,39,40,41,42). The molecule has 0 bridgehead atoms. The van der Waals surface area contributed by atoms with Gasteiger partial charge in [0.15, 0.2) is 0 Å². The van der Waals surface area contributed by atoms with Crippen LogP contribution in [0.3, 0.4) is 0 Å². The van der Waals surface area contributed by atoms with Gasteiger partial charge in [-0.3, -0.25) is 0 Å². The summed E-state index contributed by atoms with van der Waals surface area (Å²) in [4.78, 5) is 49.5. The van der Waals surface area contributed by atoms with E-state index in [0.717, 1.165) is 6.08 Å². The zero-order valence-corrected chi connectivity index (χ0v) is 26.5. The second-order valence-electron chi connectivity index (χ2n) is 10.5. The molecular weight excluding hydrogens is 644 g/mol. The molecule has 0 aliphatic heterocycles. The third-order valence-electron chi connectivity index (χ3n) is 6.74. The van der Waals surface area contributed by atoms with E-state index < -0.39 is 17.9 Å². The lowest BCUT2D eigenvalue weighted by atomic mass is 10.2. The normalized spacial score (nSPS) is 10.4. The molecule has 0 saturated carbocycles. The molecule has 50 heavy (non-hydrogen) atoms. The van der Waals surface area contributed by atoms with E-state index in [0.29, 0.717) is 35.5 Å². The maximum atomic E-state index is 12.8. The Hall–Kier alpha value is -6.96. The molecular formula is C36H32N6O8. The highest BCUT2D eigenvalue weighted by atomic mass is 16.5. The van der Waals surface area contributed by atoms with Crippen LogP contribution in [-0.4, -0.2) is 56.3 Å². The third kappa shape index (κ3) is 10.3. The molecule has 5 aromatic rings. The Balaban J connectivity index is 1.18. The molecule has 0 unspecified atom stereocenters. The quantitative estimate of drug-likeness (QED) is 0.0269. The van der Waals surface area contributed by atoms with Crippen LogP contribution < -0.4 is 20.7 Å². The fourth-order valence-corrected chi connectivity index (χ4v) is 4.22. The minimum absolute atomic E-state index is 0.113. The molecule has 0 radical (unpaired) electrons. The van der Waals surface area contributed by atoms with E-state index >= 15 is 0 Å². The number of ether oxygens (including phenoxy) is 3. The summed E-state index contributed by atoms with van der Waals surface area (Å²) in [5, 5.41) is 28.5. The van der Waals surface area contributed by atoms with Gasteiger partial charge in [0.2, 0.25) is 17.8 Å². The first-order chi connectivity index (χ1) is 24.2. The number of hydrogen-bond acceptors (Lipinski definition) is 14. The van der Waals surface area contributed by atoms with Gasteiger partial charge in [0, 0.05) is 23.1 Å². The Bertz CT molecular complexity index is 1870. The highest BCUT2D eigenvalue weighted by Crippen LogP contribution is 2.24. The van der Waals surface area contributed by atoms with Crippen molar-refractivity contribution in [2.45, 2.75) is 12.8 Å². The van der Waals surface area contributed by atoms with Crippen molar-refractivity contribution in [1.82, 2.24) is 15.0 Å². The van der Waals surface area contributed by atoms with Gasteiger partial charge in [-0.25, -0.2) is 14.4 Å². The first-order valence-electron chi connectivity index (χ1n) is 15.3. The molecule has 1 aromatic heterocycles. The summed E-state index contributed by atoms with van der Waals surface area (Å²) in [6, 6.07) is 25.2. The Morgan fingerprint density at radius 2 is 0.980 bits per heavy atom. The second kappa shape index (κ2) is 16.7. The van der Waals surface area contributed by atoms with Gasteiger partial charge in [-0.15, -0.1) is 0 Å². The molecule has 0 aliphatic carbocycles. The number of carbonyl (C=O) groups is 3. The Kier molecular flexibility index (Phi) is 11.5. The van der Waals surface area contributed by atoms with E-state index in [9.17, 15) is 24.6 Å². The lowest BCUT2D eigenvalue weighted by Crippen LogP contribution is -2.10. The molecule has 0 amide bonds. The summed E-state index contributed by atoms with van der Waals surface area (Å²) < 4.78 is 15.6. The largest absolute Gasteiger partial charge is 0.508 e. The van der Waals surface area contributed by atoms with Crippen molar-refractivity contribution in [2.24, 2.45) is 0 Å². The van der Waals surface area contributed by atoms with E-state index in [2.05, 4.69) is 37.5 Å². The number of phenolic OH excluding ortho intramolecular Hbond substituents is 2. The van der Waals surface area contributed by atoms with Gasteiger partial charge in [-0.1, -0.05) is 6.58 Å². The number of aromatic hydroxyl groups is 2. The average molecular weight is 677 g/mol. The van der Waals surface area contributed by atoms with E-state index in [1.54, 1.807) is 48.5 Å². The SMILES string of the molecule is C=CC(=O)OCCCCOC(=O)c1ccc(OC(=O)c2ccc(Nc3nc(Nc4ccc(O)cc4)nc(Nc4ccc(O)cc4)n3)cc2)cc1. The van der Waals surface area contributed by atoms with Crippen LogP contribution in [0.15, 0.2) is 110 Å². The van der Waals surface area contributed by atoms with E-state index in [-0.39, 0.29) is 53.9 Å². The van der Waals surface area contributed by atoms with Gasteiger partial charge < -0.3 is 40.4 Å². The summed E-state index contributed by atoms with van der Waals surface area (Å²) in [6.45, 7) is 3.69. The Morgan fingerprint density at radius 1 is 0.580 bits per heavy atom. The summed E-state index contributed by atoms with van der Waals surface area (Å²) in [6.07, 6.45) is 2.15. The molecule has 5 rings (SSSR count). The summed E-state index contributed by atoms with van der Waals surface area (Å²) in [7, 11) is 0. The summed E-state index contributed by atoms with van der Waals surface area (Å²) >= 11 is 0. The lowest BCUT2D eigenvalue weighted by molar-refractivity contribution is -0.137. The molecule has 0 spiro atoms. The van der Waals surface area contributed by atoms with Gasteiger partial charge >= 0.3 is 17.9 Å². The number of nitrogens with zero attached hydrogens (tertiary/aromatic N) is 3. The number of phenols is 2. The predicted molar refractivity (Wildman–Crippen MR) is 184 cm³/mol. The minimum atomic E-state index is -0.607. The zero-order valence-electron chi connectivity index (χ0n) is 26.5. The first-order valence-corrected chi connectivity index (χ1v) is 15.3. The maximum absolute atomic E-state index is 12.8. The van der Waals surface area contributed by atoms with Crippen LogP contribution in [-0.2, 0) is 14.3 Å². The van der Waals surface area contributed by atoms with Crippen LogP contribution in [0.2, 0.25) is 0 Å². The topological polar surface area (TPSA) is 194 Å². The fourth-order valence-electron chi connectivity index (χ4n) is 4.22. The molecule has 0 aliphatic rings. The fraction of sp³-hybridized carbons (Fsp3) is 0.111. The number of carbonyl (C=O) groups excluding carboxylic acids is 3. The molecule has 14 nitrogen and oxygen atoms in total. The first kappa shape index (κ1) is 34.4. The third-order valence-corrected chi connectivity index (χ3v) is 6.74. The van der Waals surface area contributed by atoms with E-state index in [1.165, 1.54) is 48.5 Å². The van der Waals surface area contributed by atoms with Gasteiger partial charge in [0.05, 0.1) is 24.3 Å². The van der Waals surface area contributed by atoms with Crippen molar-refractivity contribution in [3.8, 4) is 17.2 Å². The number of benzene rings is 4. The highest BCUT2D eigenvalue weighted by molar-refractivity contribution is 5.92. The Morgan fingerprint density at radius 3 is 1.44 bits per heavy atom. The Labute approximate surface area is 286 Å². The number of anilines is 6. The van der Waals surface area contributed by atoms with E-state index in [1.807, 2.05) is 0 Å². The average Bonchev–Trinajstić information content (AvgIpc) is 3.12.